The first-order valence-corrected chi connectivity index (χ1v) is 6.06. The summed E-state index contributed by atoms with van der Waals surface area (Å²) < 4.78 is 0. The van der Waals surface area contributed by atoms with E-state index >= 15 is 0 Å². The third-order valence-electron chi connectivity index (χ3n) is 3.12. The lowest BCUT2D eigenvalue weighted by Gasteiger charge is -2.32. The molecule has 94 valence electrons. The van der Waals surface area contributed by atoms with Crippen molar-refractivity contribution >= 4 is 11.9 Å². The van der Waals surface area contributed by atoms with Crippen LogP contribution in [0.5, 0.6) is 0 Å². The molecule has 1 rings (SSSR count). The zero-order chi connectivity index (χ0) is 12.7. The number of hydrogen-bond donors (Lipinski definition) is 1. The molecule has 1 heterocycles. The molecule has 1 amide bonds. The Morgan fingerprint density at radius 3 is 2.82 bits per heavy atom. The molecule has 0 aromatic rings. The monoisotopic (exact) mass is 237 g/mol. The number of carbonyl (C=O) groups is 2. The smallest absolute Gasteiger partial charge is 0.303 e. The molecule has 0 radical (unpaired) electrons. The number of terminal acetylenes is 1. The average Bonchev–Trinajstić information content (AvgIpc) is 2.33. The zero-order valence-corrected chi connectivity index (χ0v) is 10.0. The second-order valence-electron chi connectivity index (χ2n) is 4.48. The molecule has 1 saturated heterocycles. The first-order chi connectivity index (χ1) is 8.13. The summed E-state index contributed by atoms with van der Waals surface area (Å²) in [5.74, 6) is 2.13. The Hall–Kier alpha value is -1.50. The third-order valence-corrected chi connectivity index (χ3v) is 3.12. The quantitative estimate of drug-likeness (QED) is 0.737. The normalized spacial score (nSPS) is 19.7. The van der Waals surface area contributed by atoms with Crippen LogP contribution in [0.4, 0.5) is 0 Å². The van der Waals surface area contributed by atoms with Crippen molar-refractivity contribution in [3.8, 4) is 12.3 Å². The van der Waals surface area contributed by atoms with Gasteiger partial charge >= 0.3 is 5.97 Å². The van der Waals surface area contributed by atoms with Crippen LogP contribution in [0.3, 0.4) is 0 Å². The topological polar surface area (TPSA) is 57.6 Å². The van der Waals surface area contributed by atoms with E-state index in [1.54, 1.807) is 0 Å². The van der Waals surface area contributed by atoms with Crippen LogP contribution in [0, 0.1) is 18.3 Å². The molecule has 17 heavy (non-hydrogen) atoms. The number of hydrogen-bond acceptors (Lipinski definition) is 2. The molecule has 0 spiro atoms. The molecular formula is C13H19NO3. The van der Waals surface area contributed by atoms with Crippen LogP contribution < -0.4 is 0 Å². The number of aliphatic carboxylic acids is 1. The van der Waals surface area contributed by atoms with Crippen LogP contribution >= 0.6 is 0 Å². The van der Waals surface area contributed by atoms with E-state index in [2.05, 4.69) is 5.92 Å². The zero-order valence-electron chi connectivity index (χ0n) is 10.0. The van der Waals surface area contributed by atoms with E-state index in [0.29, 0.717) is 31.7 Å². The molecule has 0 aliphatic carbocycles. The molecule has 0 bridgehead atoms. The molecule has 1 N–H and O–H groups in total. The summed E-state index contributed by atoms with van der Waals surface area (Å²) in [7, 11) is 0. The second kappa shape index (κ2) is 6.95. The third kappa shape index (κ3) is 4.90. The molecule has 1 aliphatic heterocycles. The summed E-state index contributed by atoms with van der Waals surface area (Å²) in [4.78, 5) is 24.1. The van der Waals surface area contributed by atoms with E-state index in [-0.39, 0.29) is 12.3 Å². The summed E-state index contributed by atoms with van der Waals surface area (Å²) in [6.45, 7) is 1.48. The molecule has 1 fully saturated rings. The fourth-order valence-corrected chi connectivity index (χ4v) is 2.19. The first-order valence-electron chi connectivity index (χ1n) is 6.06. The SMILES string of the molecule is C#CCCC(=O)N1CCCC(CCC(=O)O)C1. The minimum absolute atomic E-state index is 0.1000. The predicted molar refractivity (Wildman–Crippen MR) is 64.2 cm³/mol. The lowest BCUT2D eigenvalue weighted by molar-refractivity contribution is -0.137. The van der Waals surface area contributed by atoms with Crippen molar-refractivity contribution in [3.63, 3.8) is 0 Å². The lowest BCUT2D eigenvalue weighted by Crippen LogP contribution is -2.39. The number of piperidine rings is 1. The van der Waals surface area contributed by atoms with E-state index < -0.39 is 5.97 Å². The van der Waals surface area contributed by atoms with Crippen molar-refractivity contribution in [2.24, 2.45) is 5.92 Å². The van der Waals surface area contributed by atoms with Crippen LogP contribution in [0.1, 0.15) is 38.5 Å². The highest BCUT2D eigenvalue weighted by Crippen LogP contribution is 2.21. The number of carboxylic acids is 1. The number of carbonyl (C=O) groups excluding carboxylic acids is 1. The lowest BCUT2D eigenvalue weighted by atomic mass is 9.93. The van der Waals surface area contributed by atoms with Crippen molar-refractivity contribution < 1.29 is 14.7 Å². The Morgan fingerprint density at radius 2 is 2.18 bits per heavy atom. The van der Waals surface area contributed by atoms with E-state index in [1.165, 1.54) is 0 Å². The molecule has 1 unspecified atom stereocenters. The van der Waals surface area contributed by atoms with Crippen molar-refractivity contribution in [1.29, 1.82) is 0 Å². The van der Waals surface area contributed by atoms with Gasteiger partial charge in [0.15, 0.2) is 0 Å². The molecule has 0 saturated carbocycles. The van der Waals surface area contributed by atoms with Crippen LogP contribution in [0.2, 0.25) is 0 Å². The Labute approximate surface area is 102 Å². The summed E-state index contributed by atoms with van der Waals surface area (Å²) in [6.07, 6.45) is 8.85. The van der Waals surface area contributed by atoms with Gasteiger partial charge in [-0.15, -0.1) is 12.3 Å². The highest BCUT2D eigenvalue weighted by Gasteiger charge is 2.23. The van der Waals surface area contributed by atoms with Gasteiger partial charge in [-0.3, -0.25) is 9.59 Å². The maximum Gasteiger partial charge on any atom is 0.303 e. The van der Waals surface area contributed by atoms with Gasteiger partial charge in [-0.2, -0.15) is 0 Å². The summed E-state index contributed by atoms with van der Waals surface area (Å²) >= 11 is 0. The van der Waals surface area contributed by atoms with E-state index in [1.807, 2.05) is 4.90 Å². The van der Waals surface area contributed by atoms with Crippen LogP contribution in [0.15, 0.2) is 0 Å². The molecular weight excluding hydrogens is 218 g/mol. The largest absolute Gasteiger partial charge is 0.481 e. The summed E-state index contributed by atoms with van der Waals surface area (Å²) in [5.41, 5.74) is 0. The van der Waals surface area contributed by atoms with Gasteiger partial charge in [-0.1, -0.05) is 0 Å². The Morgan fingerprint density at radius 1 is 1.41 bits per heavy atom. The number of nitrogens with zero attached hydrogens (tertiary/aromatic N) is 1. The number of amides is 1. The van der Waals surface area contributed by atoms with Gasteiger partial charge in [-0.05, 0) is 25.2 Å². The fourth-order valence-electron chi connectivity index (χ4n) is 2.19. The average molecular weight is 237 g/mol. The Bertz CT molecular complexity index is 319. The second-order valence-corrected chi connectivity index (χ2v) is 4.48. The van der Waals surface area contributed by atoms with Crippen molar-refractivity contribution in [3.05, 3.63) is 0 Å². The van der Waals surface area contributed by atoms with E-state index in [4.69, 9.17) is 11.5 Å². The predicted octanol–water partition coefficient (Wildman–Crippen LogP) is 1.50. The van der Waals surface area contributed by atoms with Gasteiger partial charge in [0.1, 0.15) is 0 Å². The molecule has 4 nitrogen and oxygen atoms in total. The molecule has 1 atom stereocenters. The molecule has 0 aromatic heterocycles. The highest BCUT2D eigenvalue weighted by molar-refractivity contribution is 5.76. The fraction of sp³-hybridized carbons (Fsp3) is 0.692. The summed E-state index contributed by atoms with van der Waals surface area (Å²) in [6, 6.07) is 0. The van der Waals surface area contributed by atoms with Gasteiger partial charge in [0.2, 0.25) is 5.91 Å². The van der Waals surface area contributed by atoms with Gasteiger partial charge in [0, 0.05) is 32.4 Å². The van der Waals surface area contributed by atoms with E-state index in [0.717, 1.165) is 19.4 Å². The minimum Gasteiger partial charge on any atom is -0.481 e. The Kier molecular flexibility index (Phi) is 5.55. The van der Waals surface area contributed by atoms with Gasteiger partial charge in [0.05, 0.1) is 0 Å². The van der Waals surface area contributed by atoms with Crippen molar-refractivity contribution in [2.75, 3.05) is 13.1 Å². The van der Waals surface area contributed by atoms with Gasteiger partial charge < -0.3 is 10.0 Å². The summed E-state index contributed by atoms with van der Waals surface area (Å²) in [5, 5.41) is 8.63. The maximum atomic E-state index is 11.8. The molecule has 1 aliphatic rings. The number of likely N-dealkylation sites (tertiary alicyclic amines) is 1. The maximum absolute atomic E-state index is 11.8. The van der Waals surface area contributed by atoms with Gasteiger partial charge in [0.25, 0.3) is 0 Å². The van der Waals surface area contributed by atoms with Crippen molar-refractivity contribution in [2.45, 2.75) is 38.5 Å². The first kappa shape index (κ1) is 13.6. The molecule has 4 heteroatoms. The van der Waals surface area contributed by atoms with E-state index in [9.17, 15) is 9.59 Å². The number of rotatable bonds is 5. The van der Waals surface area contributed by atoms with Crippen LogP contribution in [-0.4, -0.2) is 35.0 Å². The molecule has 0 aromatic carbocycles. The highest BCUT2D eigenvalue weighted by atomic mass is 16.4. The standard InChI is InChI=1S/C13H19NO3/c1-2-3-6-12(15)14-9-4-5-11(10-14)7-8-13(16)17/h1,11H,3-10H2,(H,16,17). The van der Waals surface area contributed by atoms with Gasteiger partial charge in [-0.25, -0.2) is 0 Å². The van der Waals surface area contributed by atoms with Crippen LogP contribution in [-0.2, 0) is 9.59 Å². The van der Waals surface area contributed by atoms with Crippen LogP contribution in [0.25, 0.3) is 0 Å². The minimum atomic E-state index is -0.763. The van der Waals surface area contributed by atoms with Crippen molar-refractivity contribution in [1.82, 2.24) is 4.90 Å². The Balaban J connectivity index is 2.35. The number of carboxylic acid groups (broad SMARTS) is 1.